The van der Waals surface area contributed by atoms with Crippen LogP contribution in [-0.4, -0.2) is 65.0 Å². The van der Waals surface area contributed by atoms with Crippen molar-refractivity contribution in [2.24, 2.45) is 0 Å². The van der Waals surface area contributed by atoms with Gasteiger partial charge >= 0.3 is 143 Å². The average Bonchev–Trinajstić information content (AvgIpc) is 2.88. The molecule has 0 atom stereocenters. The first-order chi connectivity index (χ1) is 19.5. The predicted octanol–water partition coefficient (Wildman–Crippen LogP) is 6.57. The van der Waals surface area contributed by atoms with Crippen LogP contribution in [0.3, 0.4) is 0 Å². The first-order valence-electron chi connectivity index (χ1n) is 16.8. The van der Waals surface area contributed by atoms with Crippen molar-refractivity contribution >= 4 is 48.7 Å². The number of hydrogen-bond acceptors (Lipinski definition) is 6. The molecule has 0 unspecified atom stereocenters. The van der Waals surface area contributed by atoms with E-state index in [2.05, 4.69) is 18.0 Å². The van der Waals surface area contributed by atoms with Crippen molar-refractivity contribution in [1.82, 2.24) is 0 Å². The fraction of sp³-hybridized carbons (Fsp3) is 1.00. The van der Waals surface area contributed by atoms with Gasteiger partial charge in [-0.1, -0.05) is 103 Å². The molecule has 42 heavy (non-hydrogen) atoms. The molecule has 8 nitrogen and oxygen atoms in total. The Labute approximate surface area is 301 Å². The van der Waals surface area contributed by atoms with E-state index in [0.717, 1.165) is 12.8 Å². The van der Waals surface area contributed by atoms with Crippen molar-refractivity contribution in [2.45, 2.75) is 184 Å². The van der Waals surface area contributed by atoms with E-state index in [1.165, 1.54) is 179 Å². The molecular formula is C30H64Na2O8S2. The molecule has 0 aromatic heterocycles. The molecule has 0 bridgehead atoms. The Morgan fingerprint density at radius 1 is 0.500 bits per heavy atom. The standard InChI is InChI=1S/C18H38O4S.C12H25.2Na.H2O4S/c1-2-3-4-5-6-7-8-9-10-11-12-13-14-15-16-17-18-22-23(19,20)21;1-3-5-7-9-11-12-10-8-6-4-2;;;1-5(2,3)4/h2-18H2,1H3,(H,19,20,21);1,3-12H2,2H3;;;(H2,1,2,3,4)/q;;;+1;/p-1. The van der Waals surface area contributed by atoms with Gasteiger partial charge < -0.3 is 4.55 Å². The first-order valence-corrected chi connectivity index (χ1v) is 20.9. The molecule has 0 aliphatic heterocycles. The molecule has 0 saturated heterocycles. The Hall–Kier alpha value is 1.74. The first kappa shape index (κ1) is 50.6. The topological polar surface area (TPSA) is 141 Å². The molecule has 0 fully saturated rings. The molecule has 0 heterocycles. The summed E-state index contributed by atoms with van der Waals surface area (Å²) < 4.78 is 67.7. The number of unbranched alkanes of at least 4 members (excludes halogenated alkanes) is 24. The molecule has 0 rings (SSSR count). The number of rotatable bonds is 28. The van der Waals surface area contributed by atoms with E-state index in [1.807, 2.05) is 0 Å². The van der Waals surface area contributed by atoms with Crippen LogP contribution in [-0.2, 0) is 25.0 Å². The molecule has 0 spiro atoms. The van der Waals surface area contributed by atoms with E-state index in [-0.39, 0.29) is 36.2 Å². The van der Waals surface area contributed by atoms with Crippen LogP contribution in [0.1, 0.15) is 181 Å². The molecule has 0 aliphatic rings. The maximum absolute atomic E-state index is 10.3. The van der Waals surface area contributed by atoms with Gasteiger partial charge in [-0.25, -0.2) is 12.6 Å². The van der Waals surface area contributed by atoms with Crippen LogP contribution in [0.25, 0.3) is 0 Å². The van der Waals surface area contributed by atoms with Crippen molar-refractivity contribution in [3.63, 3.8) is 0 Å². The maximum Gasteiger partial charge on any atom is 1.00 e. The summed E-state index contributed by atoms with van der Waals surface area (Å²) in [7, 11) is -9.16. The maximum atomic E-state index is 10.3. The minimum Gasteiger partial charge on any atom is -0.726 e. The van der Waals surface area contributed by atoms with E-state index < -0.39 is 20.8 Å². The molecule has 0 aliphatic carbocycles. The van der Waals surface area contributed by atoms with Crippen molar-refractivity contribution in [2.75, 3.05) is 6.61 Å². The number of hydrogen-bond donors (Lipinski definition) is 2. The average molecular weight is 663 g/mol. The van der Waals surface area contributed by atoms with Gasteiger partial charge in [-0.3, -0.25) is 9.11 Å². The smallest absolute Gasteiger partial charge is 0.726 e. The fourth-order valence-corrected chi connectivity index (χ4v) is 5.38. The Kier molecular flexibility index (Phi) is 49.1. The fourth-order valence-electron chi connectivity index (χ4n) is 4.55. The Balaban J connectivity index is -0.000000319. The molecule has 246 valence electrons. The van der Waals surface area contributed by atoms with Gasteiger partial charge in [-0.15, -0.1) is 0 Å². The van der Waals surface area contributed by atoms with Crippen LogP contribution in [0.5, 0.6) is 0 Å². The van der Waals surface area contributed by atoms with Crippen LogP contribution in [0.15, 0.2) is 0 Å². The summed E-state index contributed by atoms with van der Waals surface area (Å²) in [6.45, 7) is 4.64. The van der Waals surface area contributed by atoms with Gasteiger partial charge in [-0.2, -0.15) is 8.42 Å². The van der Waals surface area contributed by atoms with Gasteiger partial charge in [0, 0.05) is 0 Å². The van der Waals surface area contributed by atoms with Crippen LogP contribution in [0.4, 0.5) is 0 Å². The minimum absolute atomic E-state index is 0. The predicted molar refractivity (Wildman–Crippen MR) is 172 cm³/mol. The van der Waals surface area contributed by atoms with Crippen molar-refractivity contribution in [1.29, 1.82) is 0 Å². The molecule has 0 amide bonds. The van der Waals surface area contributed by atoms with Crippen LogP contribution < -0.4 is 29.6 Å². The third-order valence-corrected chi connectivity index (χ3v) is 8.11. The van der Waals surface area contributed by atoms with E-state index in [9.17, 15) is 8.42 Å². The summed E-state index contributed by atoms with van der Waals surface area (Å²) in [5.74, 6) is 0. The zero-order valence-electron chi connectivity index (χ0n) is 28.0. The molecule has 12 heteroatoms. The molecule has 2 N–H and O–H groups in total. The second-order valence-electron chi connectivity index (χ2n) is 11.2. The zero-order valence-corrected chi connectivity index (χ0v) is 33.6. The van der Waals surface area contributed by atoms with Gasteiger partial charge in [0.1, 0.15) is 0 Å². The molecule has 0 aromatic rings. The quantitative estimate of drug-likeness (QED) is 0.0415. The summed E-state index contributed by atoms with van der Waals surface area (Å²) in [4.78, 5) is 0. The van der Waals surface area contributed by atoms with E-state index in [1.54, 1.807) is 0 Å². The SMILES string of the molecule is CCCCCCCCCCCCCCCCCCOS(=O)(=O)O.CCCCCCCCCCC[CH2][Na].O=S(=O)([O-])O.[Na+]. The van der Waals surface area contributed by atoms with E-state index in [0.29, 0.717) is 6.42 Å². The van der Waals surface area contributed by atoms with Crippen LogP contribution >= 0.6 is 0 Å². The molecule has 0 aromatic carbocycles. The third kappa shape index (κ3) is 68.8. The largest absolute Gasteiger partial charge is 1.00 e. The summed E-state index contributed by atoms with van der Waals surface area (Å²) in [5, 5.41) is 0. The molecular weight excluding hydrogens is 598 g/mol. The summed E-state index contributed by atoms with van der Waals surface area (Å²) >= 11 is 1.41. The van der Waals surface area contributed by atoms with Gasteiger partial charge in [0.05, 0.1) is 6.61 Å². The van der Waals surface area contributed by atoms with E-state index >= 15 is 0 Å². The Bertz CT molecular complexity index is 675. The minimum atomic E-state index is -4.92. The van der Waals surface area contributed by atoms with Crippen LogP contribution in [0, 0.1) is 0 Å². The zero-order chi connectivity index (χ0) is 31.5. The second-order valence-corrected chi connectivity index (χ2v) is 14.1. The third-order valence-electron chi connectivity index (χ3n) is 6.94. The Morgan fingerprint density at radius 3 is 0.929 bits per heavy atom. The van der Waals surface area contributed by atoms with Gasteiger partial charge in [-0.05, 0) is 6.42 Å². The van der Waals surface area contributed by atoms with Crippen LogP contribution in [0.2, 0.25) is 3.67 Å². The molecule has 0 radical (unpaired) electrons. The second kappa shape index (κ2) is 40.8. The molecule has 0 saturated carbocycles. The Morgan fingerprint density at radius 2 is 0.714 bits per heavy atom. The van der Waals surface area contributed by atoms with Crippen molar-refractivity contribution in [3.05, 3.63) is 0 Å². The summed E-state index contributed by atoms with van der Waals surface area (Å²) in [5.41, 5.74) is 0. The van der Waals surface area contributed by atoms with E-state index in [4.69, 9.17) is 22.1 Å². The summed E-state index contributed by atoms with van der Waals surface area (Å²) in [6.07, 6.45) is 35.2. The summed E-state index contributed by atoms with van der Waals surface area (Å²) in [6, 6.07) is 0. The van der Waals surface area contributed by atoms with Gasteiger partial charge in [0.2, 0.25) is 10.4 Å². The normalized spacial score (nSPS) is 11.2. The monoisotopic (exact) mass is 662 g/mol. The van der Waals surface area contributed by atoms with Gasteiger partial charge in [0.25, 0.3) is 0 Å². The van der Waals surface area contributed by atoms with Crippen molar-refractivity contribution < 1.29 is 64.2 Å². The van der Waals surface area contributed by atoms with Crippen molar-refractivity contribution in [3.8, 4) is 0 Å². The van der Waals surface area contributed by atoms with Gasteiger partial charge in [0.15, 0.2) is 0 Å².